The Morgan fingerprint density at radius 1 is 0.969 bits per heavy atom. The highest BCUT2D eigenvalue weighted by atomic mass is 16.5. The van der Waals surface area contributed by atoms with Gasteiger partial charge in [0.15, 0.2) is 11.5 Å². The molecule has 3 rings (SSSR count). The molecule has 1 aromatic heterocycles. The van der Waals surface area contributed by atoms with Crippen molar-refractivity contribution >= 4 is 17.7 Å². The molecule has 0 spiro atoms. The monoisotopic (exact) mass is 431 g/mol. The highest BCUT2D eigenvalue weighted by Crippen LogP contribution is 2.30. The Hall–Kier alpha value is -4.18. The Labute approximate surface area is 187 Å². The fourth-order valence-corrected chi connectivity index (χ4v) is 3.48. The lowest BCUT2D eigenvalue weighted by Gasteiger charge is -2.11. The molecule has 0 bridgehead atoms. The second-order valence-corrected chi connectivity index (χ2v) is 7.05. The molecule has 0 unspecified atom stereocenters. The molecule has 7 nitrogen and oxygen atoms in total. The van der Waals surface area contributed by atoms with E-state index < -0.39 is 5.91 Å². The number of carbonyl (C=O) groups excluding carboxylic acids is 1. The number of ether oxygens (including phenoxy) is 3. The normalized spacial score (nSPS) is 10.9. The summed E-state index contributed by atoms with van der Waals surface area (Å²) in [6.45, 7) is 3.93. The van der Waals surface area contributed by atoms with Crippen LogP contribution >= 0.6 is 0 Å². The van der Waals surface area contributed by atoms with Gasteiger partial charge in [-0.05, 0) is 68.0 Å². The summed E-state index contributed by atoms with van der Waals surface area (Å²) < 4.78 is 17.8. The van der Waals surface area contributed by atoms with E-state index in [1.165, 1.54) is 14.2 Å². The minimum atomic E-state index is -0.506. The number of nitrogens with one attached hydrogen (secondary N) is 1. The number of benzene rings is 2. The van der Waals surface area contributed by atoms with E-state index >= 15 is 0 Å². The number of rotatable bonds is 7. The lowest BCUT2D eigenvalue weighted by molar-refractivity contribution is -0.112. The third-order valence-electron chi connectivity index (χ3n) is 5.11. The predicted octanol–water partition coefficient (Wildman–Crippen LogP) is 4.67. The van der Waals surface area contributed by atoms with Crippen molar-refractivity contribution < 1.29 is 19.0 Å². The van der Waals surface area contributed by atoms with Gasteiger partial charge in [0.1, 0.15) is 17.4 Å². The lowest BCUT2D eigenvalue weighted by atomic mass is 10.1. The summed E-state index contributed by atoms with van der Waals surface area (Å²) in [6.07, 6.45) is 1.60. The fourth-order valence-electron chi connectivity index (χ4n) is 3.48. The van der Waals surface area contributed by atoms with Crippen LogP contribution in [0.15, 0.2) is 54.1 Å². The maximum Gasteiger partial charge on any atom is 0.266 e. The summed E-state index contributed by atoms with van der Waals surface area (Å²) in [5.41, 5.74) is 4.15. The summed E-state index contributed by atoms with van der Waals surface area (Å²) in [7, 11) is 4.68. The maximum absolute atomic E-state index is 12.8. The van der Waals surface area contributed by atoms with Gasteiger partial charge in [0.25, 0.3) is 5.91 Å². The third-order valence-corrected chi connectivity index (χ3v) is 5.11. The minimum Gasteiger partial charge on any atom is -0.497 e. The van der Waals surface area contributed by atoms with Gasteiger partial charge in [-0.15, -0.1) is 0 Å². The molecular weight excluding hydrogens is 406 g/mol. The summed E-state index contributed by atoms with van der Waals surface area (Å²) >= 11 is 0. The molecule has 1 heterocycles. The number of anilines is 1. The van der Waals surface area contributed by atoms with Crippen molar-refractivity contribution in [3.63, 3.8) is 0 Å². The lowest BCUT2D eigenvalue weighted by Crippen LogP contribution is -2.13. The topological polar surface area (TPSA) is 85.5 Å². The van der Waals surface area contributed by atoms with Gasteiger partial charge in [-0.25, -0.2) is 0 Å². The van der Waals surface area contributed by atoms with Crippen LogP contribution in [0.25, 0.3) is 11.8 Å². The minimum absolute atomic E-state index is 0.00485. The van der Waals surface area contributed by atoms with Gasteiger partial charge in [0.2, 0.25) is 0 Å². The number of nitrogens with zero attached hydrogens (tertiary/aromatic N) is 2. The highest BCUT2D eigenvalue weighted by Gasteiger charge is 2.15. The van der Waals surface area contributed by atoms with Crippen molar-refractivity contribution in [1.82, 2.24) is 4.57 Å². The molecule has 0 fully saturated rings. The SMILES string of the molecule is COc1ccc(-n2c(C)cc(/C=C(\C#N)C(=O)Nc3ccc(OC)c(OC)c3)c2C)cc1. The zero-order chi connectivity index (χ0) is 23.3. The van der Waals surface area contributed by atoms with E-state index in [0.29, 0.717) is 17.2 Å². The third kappa shape index (κ3) is 4.60. The van der Waals surface area contributed by atoms with Crippen LogP contribution in [0.2, 0.25) is 0 Å². The van der Waals surface area contributed by atoms with Crippen LogP contribution in [0.5, 0.6) is 17.2 Å². The molecule has 32 heavy (non-hydrogen) atoms. The number of carbonyl (C=O) groups is 1. The number of nitriles is 1. The Morgan fingerprint density at radius 2 is 1.66 bits per heavy atom. The van der Waals surface area contributed by atoms with Gasteiger partial charge >= 0.3 is 0 Å². The quantitative estimate of drug-likeness (QED) is 0.434. The first-order chi connectivity index (χ1) is 15.4. The number of hydrogen-bond donors (Lipinski definition) is 1. The van der Waals surface area contributed by atoms with Crippen LogP contribution in [-0.4, -0.2) is 31.8 Å². The van der Waals surface area contributed by atoms with E-state index in [1.54, 1.807) is 31.4 Å². The smallest absolute Gasteiger partial charge is 0.266 e. The molecule has 0 radical (unpaired) electrons. The molecule has 0 aliphatic carbocycles. The standard InChI is InChI=1S/C25H25N3O4/c1-16-12-18(17(2)28(16)21-7-9-22(30-3)10-8-21)13-19(15-26)25(29)27-20-6-11-23(31-4)24(14-20)32-5/h6-14H,1-5H3,(H,27,29)/b19-13+. The molecule has 0 saturated carbocycles. The molecule has 0 aliphatic heterocycles. The van der Waals surface area contributed by atoms with Gasteiger partial charge in [-0.1, -0.05) is 0 Å². The van der Waals surface area contributed by atoms with Crippen molar-refractivity contribution in [1.29, 1.82) is 5.26 Å². The average molecular weight is 431 g/mol. The molecule has 0 saturated heterocycles. The zero-order valence-electron chi connectivity index (χ0n) is 18.7. The maximum atomic E-state index is 12.8. The average Bonchev–Trinajstić information content (AvgIpc) is 3.09. The highest BCUT2D eigenvalue weighted by molar-refractivity contribution is 6.09. The molecule has 0 aliphatic rings. The molecule has 1 N–H and O–H groups in total. The number of aryl methyl sites for hydroxylation is 1. The van der Waals surface area contributed by atoms with Gasteiger partial charge in [-0.3, -0.25) is 4.79 Å². The summed E-state index contributed by atoms with van der Waals surface area (Å²) in [4.78, 5) is 12.8. The Balaban J connectivity index is 1.89. The molecule has 3 aromatic rings. The van der Waals surface area contributed by atoms with Gasteiger partial charge in [0.05, 0.1) is 21.3 Å². The number of amides is 1. The van der Waals surface area contributed by atoms with Crippen molar-refractivity contribution in [2.24, 2.45) is 0 Å². The van der Waals surface area contributed by atoms with E-state index in [9.17, 15) is 10.1 Å². The predicted molar refractivity (Wildman–Crippen MR) is 124 cm³/mol. The largest absolute Gasteiger partial charge is 0.497 e. The van der Waals surface area contributed by atoms with Crippen molar-refractivity contribution in [2.75, 3.05) is 26.6 Å². The van der Waals surface area contributed by atoms with Crippen molar-refractivity contribution in [3.8, 4) is 29.0 Å². The molecule has 1 amide bonds. The number of methoxy groups -OCH3 is 3. The van der Waals surface area contributed by atoms with Crippen molar-refractivity contribution in [2.45, 2.75) is 13.8 Å². The van der Waals surface area contributed by atoms with Gasteiger partial charge in [0, 0.05) is 28.8 Å². The first kappa shape index (κ1) is 22.5. The Morgan fingerprint density at radius 3 is 2.25 bits per heavy atom. The van der Waals surface area contributed by atoms with Crippen LogP contribution in [-0.2, 0) is 4.79 Å². The van der Waals surface area contributed by atoms with Crippen LogP contribution in [0, 0.1) is 25.2 Å². The molecule has 2 aromatic carbocycles. The molecule has 7 heteroatoms. The second-order valence-electron chi connectivity index (χ2n) is 7.05. The second kappa shape index (κ2) is 9.75. The van der Waals surface area contributed by atoms with Crippen LogP contribution in [0.3, 0.4) is 0 Å². The molecular formula is C25H25N3O4. The number of hydrogen-bond acceptors (Lipinski definition) is 5. The number of aromatic nitrogens is 1. The van der Waals surface area contributed by atoms with Gasteiger partial charge < -0.3 is 24.1 Å². The fraction of sp³-hybridized carbons (Fsp3) is 0.200. The van der Waals surface area contributed by atoms with E-state index in [1.807, 2.05) is 50.2 Å². The summed E-state index contributed by atoms with van der Waals surface area (Å²) in [5.74, 6) is 1.30. The van der Waals surface area contributed by atoms with E-state index in [4.69, 9.17) is 14.2 Å². The first-order valence-electron chi connectivity index (χ1n) is 9.90. The Kier molecular flexibility index (Phi) is 6.86. The van der Waals surface area contributed by atoms with E-state index in [-0.39, 0.29) is 5.57 Å². The van der Waals surface area contributed by atoms with E-state index in [2.05, 4.69) is 9.88 Å². The van der Waals surface area contributed by atoms with Crippen molar-refractivity contribution in [3.05, 3.63) is 71.1 Å². The van der Waals surface area contributed by atoms with Crippen LogP contribution in [0.4, 0.5) is 5.69 Å². The first-order valence-corrected chi connectivity index (χ1v) is 9.90. The summed E-state index contributed by atoms with van der Waals surface area (Å²) in [5, 5.41) is 12.4. The van der Waals surface area contributed by atoms with Crippen LogP contribution in [0.1, 0.15) is 17.0 Å². The molecule has 164 valence electrons. The summed E-state index contributed by atoms with van der Waals surface area (Å²) in [6, 6.07) is 16.7. The van der Waals surface area contributed by atoms with E-state index in [0.717, 1.165) is 28.4 Å². The van der Waals surface area contributed by atoms with Gasteiger partial charge in [-0.2, -0.15) is 5.26 Å². The molecule has 0 atom stereocenters. The Bertz CT molecular complexity index is 1200. The van der Waals surface area contributed by atoms with Crippen LogP contribution < -0.4 is 19.5 Å². The zero-order valence-corrected chi connectivity index (χ0v) is 18.7.